The van der Waals surface area contributed by atoms with Crippen molar-refractivity contribution in [2.45, 2.75) is 19.3 Å². The van der Waals surface area contributed by atoms with Gasteiger partial charge in [-0.25, -0.2) is 9.97 Å². The van der Waals surface area contributed by atoms with Gasteiger partial charge in [-0.2, -0.15) is 0 Å². The van der Waals surface area contributed by atoms with Crippen LogP contribution in [0.25, 0.3) is 0 Å². The summed E-state index contributed by atoms with van der Waals surface area (Å²) in [6.07, 6.45) is 6.42. The Morgan fingerprint density at radius 2 is 2.25 bits per heavy atom. The molecule has 1 aliphatic rings. The summed E-state index contributed by atoms with van der Waals surface area (Å²) in [5, 5.41) is 9.42. The van der Waals surface area contributed by atoms with Crippen LogP contribution in [0, 0.1) is 5.92 Å². The molecular weight excluding hydrogens is 226 g/mol. The Morgan fingerprint density at radius 1 is 1.44 bits per heavy atom. The summed E-state index contributed by atoms with van der Waals surface area (Å²) in [5.41, 5.74) is 0. The predicted molar refractivity (Wildman–Crippen MR) is 63.7 cm³/mol. The second-order valence-corrected chi connectivity index (χ2v) is 4.50. The molecule has 1 fully saturated rings. The molecule has 0 spiro atoms. The molecule has 16 heavy (non-hydrogen) atoms. The second kappa shape index (κ2) is 5.46. The van der Waals surface area contributed by atoms with E-state index in [1.54, 1.807) is 12.4 Å². The van der Waals surface area contributed by atoms with E-state index in [1.807, 2.05) is 0 Å². The molecule has 0 bridgehead atoms. The van der Waals surface area contributed by atoms with Crippen molar-refractivity contribution in [3.8, 4) is 0 Å². The molecule has 4 nitrogen and oxygen atoms in total. The van der Waals surface area contributed by atoms with E-state index in [0.29, 0.717) is 11.1 Å². The van der Waals surface area contributed by atoms with Gasteiger partial charge in [0, 0.05) is 32.1 Å². The molecule has 1 N–H and O–H groups in total. The third kappa shape index (κ3) is 2.62. The van der Waals surface area contributed by atoms with Gasteiger partial charge < -0.3 is 10.0 Å². The van der Waals surface area contributed by atoms with E-state index < -0.39 is 0 Å². The number of aliphatic hydroxyl groups excluding tert-OH is 1. The summed E-state index contributed by atoms with van der Waals surface area (Å²) >= 11 is 6.02. The molecule has 1 aromatic rings. The first-order valence-electron chi connectivity index (χ1n) is 5.63. The van der Waals surface area contributed by atoms with Crippen LogP contribution >= 0.6 is 11.6 Å². The molecule has 1 aromatic heterocycles. The highest BCUT2D eigenvalue weighted by molar-refractivity contribution is 6.31. The van der Waals surface area contributed by atoms with Gasteiger partial charge in [-0.3, -0.25) is 0 Å². The van der Waals surface area contributed by atoms with Crippen molar-refractivity contribution in [3.05, 3.63) is 17.5 Å². The maximum Gasteiger partial charge on any atom is 0.171 e. The predicted octanol–water partition coefficient (Wildman–Crippen LogP) is 1.73. The largest absolute Gasteiger partial charge is 0.396 e. The van der Waals surface area contributed by atoms with E-state index in [1.165, 1.54) is 6.42 Å². The SMILES string of the molecule is OCCC1CCCN(c2nccnc2Cl)C1. The molecule has 2 rings (SSSR count). The van der Waals surface area contributed by atoms with Gasteiger partial charge in [0.1, 0.15) is 0 Å². The summed E-state index contributed by atoms with van der Waals surface area (Å²) in [5.74, 6) is 1.31. The quantitative estimate of drug-likeness (QED) is 0.876. The van der Waals surface area contributed by atoms with E-state index in [9.17, 15) is 0 Å². The van der Waals surface area contributed by atoms with Crippen molar-refractivity contribution in [1.29, 1.82) is 0 Å². The number of rotatable bonds is 3. The maximum atomic E-state index is 8.96. The Hall–Kier alpha value is -0.870. The molecule has 0 aliphatic carbocycles. The van der Waals surface area contributed by atoms with Crippen LogP contribution in [0.2, 0.25) is 5.15 Å². The van der Waals surface area contributed by atoms with Gasteiger partial charge in [-0.1, -0.05) is 11.6 Å². The average molecular weight is 242 g/mol. The summed E-state index contributed by atoms with van der Waals surface area (Å²) in [6, 6.07) is 0. The maximum absolute atomic E-state index is 8.96. The van der Waals surface area contributed by atoms with Crippen LogP contribution in [0.3, 0.4) is 0 Å². The Morgan fingerprint density at radius 3 is 3.00 bits per heavy atom. The average Bonchev–Trinajstić information content (AvgIpc) is 2.30. The van der Waals surface area contributed by atoms with E-state index in [-0.39, 0.29) is 6.61 Å². The molecule has 0 saturated carbocycles. The van der Waals surface area contributed by atoms with Crippen LogP contribution in [-0.4, -0.2) is 34.8 Å². The first-order valence-corrected chi connectivity index (χ1v) is 6.01. The minimum atomic E-state index is 0.257. The van der Waals surface area contributed by atoms with Gasteiger partial charge in [0.05, 0.1) is 0 Å². The number of hydrogen-bond donors (Lipinski definition) is 1. The lowest BCUT2D eigenvalue weighted by Gasteiger charge is -2.33. The highest BCUT2D eigenvalue weighted by Gasteiger charge is 2.22. The molecule has 1 saturated heterocycles. The van der Waals surface area contributed by atoms with Crippen molar-refractivity contribution in [2.24, 2.45) is 5.92 Å². The fourth-order valence-corrected chi connectivity index (χ4v) is 2.43. The number of hydrogen-bond acceptors (Lipinski definition) is 4. The molecule has 2 heterocycles. The number of aromatic nitrogens is 2. The van der Waals surface area contributed by atoms with Crippen molar-refractivity contribution < 1.29 is 5.11 Å². The van der Waals surface area contributed by atoms with Gasteiger partial charge in [0.2, 0.25) is 0 Å². The molecule has 1 atom stereocenters. The molecule has 0 amide bonds. The Bertz CT molecular complexity index is 346. The zero-order valence-corrected chi connectivity index (χ0v) is 9.90. The highest BCUT2D eigenvalue weighted by atomic mass is 35.5. The third-order valence-corrected chi connectivity index (χ3v) is 3.26. The van der Waals surface area contributed by atoms with Crippen LogP contribution < -0.4 is 4.90 Å². The van der Waals surface area contributed by atoms with E-state index >= 15 is 0 Å². The fourth-order valence-electron chi connectivity index (χ4n) is 2.20. The highest BCUT2D eigenvalue weighted by Crippen LogP contribution is 2.26. The Kier molecular flexibility index (Phi) is 3.96. The lowest BCUT2D eigenvalue weighted by molar-refractivity contribution is 0.244. The number of nitrogens with zero attached hydrogens (tertiary/aromatic N) is 3. The van der Waals surface area contributed by atoms with E-state index in [2.05, 4.69) is 14.9 Å². The summed E-state index contributed by atoms with van der Waals surface area (Å²) in [4.78, 5) is 10.5. The standard InChI is InChI=1S/C11H16ClN3O/c12-10-11(14-5-4-13-10)15-6-1-2-9(8-15)3-7-16/h4-5,9,16H,1-3,6-8H2. The third-order valence-electron chi connectivity index (χ3n) is 2.99. The minimum absolute atomic E-state index is 0.257. The van der Waals surface area contributed by atoms with Crippen molar-refractivity contribution in [3.63, 3.8) is 0 Å². The van der Waals surface area contributed by atoms with E-state index in [0.717, 1.165) is 31.7 Å². The van der Waals surface area contributed by atoms with Gasteiger partial charge >= 0.3 is 0 Å². The van der Waals surface area contributed by atoms with Gasteiger partial charge in [0.15, 0.2) is 11.0 Å². The molecule has 1 aliphatic heterocycles. The zero-order valence-electron chi connectivity index (χ0n) is 9.14. The number of piperidine rings is 1. The lowest BCUT2D eigenvalue weighted by atomic mass is 9.95. The van der Waals surface area contributed by atoms with Gasteiger partial charge in [-0.05, 0) is 25.2 Å². The first-order chi connectivity index (χ1) is 7.81. The molecule has 5 heteroatoms. The summed E-state index contributed by atoms with van der Waals surface area (Å²) < 4.78 is 0. The molecule has 1 unspecified atom stereocenters. The Labute approximate surface area is 100 Å². The fraction of sp³-hybridized carbons (Fsp3) is 0.636. The van der Waals surface area contributed by atoms with Crippen molar-refractivity contribution in [1.82, 2.24) is 9.97 Å². The zero-order chi connectivity index (χ0) is 11.4. The van der Waals surface area contributed by atoms with Gasteiger partial charge in [0.25, 0.3) is 0 Å². The van der Waals surface area contributed by atoms with Crippen LogP contribution in [-0.2, 0) is 0 Å². The van der Waals surface area contributed by atoms with Gasteiger partial charge in [-0.15, -0.1) is 0 Å². The monoisotopic (exact) mass is 241 g/mol. The second-order valence-electron chi connectivity index (χ2n) is 4.14. The summed E-state index contributed by atoms with van der Waals surface area (Å²) in [6.45, 7) is 2.14. The van der Waals surface area contributed by atoms with Crippen LogP contribution in [0.5, 0.6) is 0 Å². The molecule has 0 radical (unpaired) electrons. The number of anilines is 1. The van der Waals surface area contributed by atoms with Crippen molar-refractivity contribution in [2.75, 3.05) is 24.6 Å². The first kappa shape index (κ1) is 11.6. The smallest absolute Gasteiger partial charge is 0.171 e. The molecule has 0 aromatic carbocycles. The topological polar surface area (TPSA) is 49.2 Å². The van der Waals surface area contributed by atoms with Crippen LogP contribution in [0.1, 0.15) is 19.3 Å². The van der Waals surface area contributed by atoms with Crippen molar-refractivity contribution >= 4 is 17.4 Å². The summed E-state index contributed by atoms with van der Waals surface area (Å²) in [7, 11) is 0. The van der Waals surface area contributed by atoms with Crippen LogP contribution in [0.4, 0.5) is 5.82 Å². The minimum Gasteiger partial charge on any atom is -0.396 e. The number of halogens is 1. The number of aliphatic hydroxyl groups is 1. The van der Waals surface area contributed by atoms with E-state index in [4.69, 9.17) is 16.7 Å². The van der Waals surface area contributed by atoms with Crippen LogP contribution in [0.15, 0.2) is 12.4 Å². The molecule has 88 valence electrons. The molecular formula is C11H16ClN3O. The lowest BCUT2D eigenvalue weighted by Crippen LogP contribution is -2.36. The Balaban J connectivity index is 2.07. The normalized spacial score (nSPS) is 21.1.